The van der Waals surface area contributed by atoms with Gasteiger partial charge < -0.3 is 5.11 Å². The third kappa shape index (κ3) is 3.10. The molecule has 3 heteroatoms. The van der Waals surface area contributed by atoms with E-state index in [1.807, 2.05) is 25.1 Å². The molecule has 0 radical (unpaired) electrons. The van der Waals surface area contributed by atoms with Crippen LogP contribution in [0.4, 0.5) is 0 Å². The van der Waals surface area contributed by atoms with Crippen LogP contribution < -0.4 is 0 Å². The van der Waals surface area contributed by atoms with Crippen LogP contribution in [0, 0.1) is 11.3 Å². The van der Waals surface area contributed by atoms with Crippen LogP contribution in [0.2, 0.25) is 0 Å². The summed E-state index contributed by atoms with van der Waals surface area (Å²) in [5, 5.41) is 18.7. The molecule has 0 spiro atoms. The lowest BCUT2D eigenvalue weighted by molar-refractivity contribution is 0.0317. The Morgan fingerprint density at radius 1 is 1.50 bits per heavy atom. The molecule has 2 rings (SSSR count). The maximum Gasteiger partial charge on any atom is 0.0991 e. The van der Waals surface area contributed by atoms with Gasteiger partial charge in [-0.2, -0.15) is 5.26 Å². The van der Waals surface area contributed by atoms with E-state index < -0.39 is 0 Å². The van der Waals surface area contributed by atoms with Gasteiger partial charge in [0.25, 0.3) is 0 Å². The summed E-state index contributed by atoms with van der Waals surface area (Å²) in [4.78, 5) is 2.34. The van der Waals surface area contributed by atoms with Gasteiger partial charge in [-0.15, -0.1) is 0 Å². The first kappa shape index (κ1) is 13.1. The molecule has 1 aromatic carbocycles. The summed E-state index contributed by atoms with van der Waals surface area (Å²) in [7, 11) is 0. The molecule has 2 atom stereocenters. The van der Waals surface area contributed by atoms with Crippen molar-refractivity contribution >= 4 is 0 Å². The molecule has 3 nitrogen and oxygen atoms in total. The quantitative estimate of drug-likeness (QED) is 0.887. The van der Waals surface area contributed by atoms with Crippen molar-refractivity contribution in [2.45, 2.75) is 44.9 Å². The minimum Gasteiger partial charge on any atom is -0.392 e. The topological polar surface area (TPSA) is 47.3 Å². The van der Waals surface area contributed by atoms with E-state index in [0.717, 1.165) is 25.1 Å². The standard InChI is InChI=1S/C15H20N2O/c1-12(18)15-7-2-3-8-17(15)11-14-6-4-5-13(9-14)10-16/h4-6,9,12,15,18H,2-3,7-8,11H2,1H3. The number of aliphatic hydroxyl groups excluding tert-OH is 1. The maximum absolute atomic E-state index is 9.83. The van der Waals surface area contributed by atoms with E-state index in [9.17, 15) is 5.11 Å². The van der Waals surface area contributed by atoms with Crippen LogP contribution in [0.3, 0.4) is 0 Å². The number of piperidine rings is 1. The molecule has 1 saturated heterocycles. The summed E-state index contributed by atoms with van der Waals surface area (Å²) < 4.78 is 0. The summed E-state index contributed by atoms with van der Waals surface area (Å²) in [5.41, 5.74) is 1.86. The van der Waals surface area contributed by atoms with E-state index in [2.05, 4.69) is 17.0 Å². The van der Waals surface area contributed by atoms with Gasteiger partial charge in [-0.25, -0.2) is 0 Å². The predicted molar refractivity (Wildman–Crippen MR) is 70.9 cm³/mol. The molecular weight excluding hydrogens is 224 g/mol. The monoisotopic (exact) mass is 244 g/mol. The highest BCUT2D eigenvalue weighted by atomic mass is 16.3. The van der Waals surface area contributed by atoms with Gasteiger partial charge in [0, 0.05) is 12.6 Å². The normalized spacial score (nSPS) is 22.4. The van der Waals surface area contributed by atoms with Crippen molar-refractivity contribution in [2.75, 3.05) is 6.54 Å². The van der Waals surface area contributed by atoms with Crippen LogP contribution in [0.15, 0.2) is 24.3 Å². The van der Waals surface area contributed by atoms with E-state index in [1.165, 1.54) is 12.8 Å². The van der Waals surface area contributed by atoms with Crippen LogP contribution in [0.25, 0.3) is 0 Å². The van der Waals surface area contributed by atoms with Gasteiger partial charge in [0.05, 0.1) is 17.7 Å². The van der Waals surface area contributed by atoms with E-state index in [4.69, 9.17) is 5.26 Å². The van der Waals surface area contributed by atoms with Crippen molar-refractivity contribution in [3.63, 3.8) is 0 Å². The van der Waals surface area contributed by atoms with Crippen LogP contribution in [0.5, 0.6) is 0 Å². The molecule has 0 saturated carbocycles. The number of rotatable bonds is 3. The molecule has 1 heterocycles. The van der Waals surface area contributed by atoms with E-state index >= 15 is 0 Å². The fourth-order valence-electron chi connectivity index (χ4n) is 2.73. The zero-order chi connectivity index (χ0) is 13.0. The molecule has 1 aliphatic rings. The third-order valence-electron chi connectivity index (χ3n) is 3.66. The molecule has 0 amide bonds. The SMILES string of the molecule is CC(O)C1CCCCN1Cc1cccc(C#N)c1. The van der Waals surface area contributed by atoms with Gasteiger partial charge in [0.1, 0.15) is 0 Å². The molecule has 0 bridgehead atoms. The lowest BCUT2D eigenvalue weighted by Crippen LogP contribution is -2.45. The highest BCUT2D eigenvalue weighted by Crippen LogP contribution is 2.22. The molecule has 96 valence electrons. The smallest absolute Gasteiger partial charge is 0.0991 e. The van der Waals surface area contributed by atoms with Crippen molar-refractivity contribution in [1.82, 2.24) is 4.90 Å². The van der Waals surface area contributed by atoms with Crippen molar-refractivity contribution in [3.8, 4) is 6.07 Å². The Balaban J connectivity index is 2.08. The average Bonchev–Trinajstić information content (AvgIpc) is 2.39. The number of likely N-dealkylation sites (tertiary alicyclic amines) is 1. The Labute approximate surface area is 109 Å². The van der Waals surface area contributed by atoms with Gasteiger partial charge in [0.2, 0.25) is 0 Å². The Hall–Kier alpha value is -1.37. The van der Waals surface area contributed by atoms with Crippen molar-refractivity contribution < 1.29 is 5.11 Å². The molecule has 1 N–H and O–H groups in total. The molecule has 18 heavy (non-hydrogen) atoms. The summed E-state index contributed by atoms with van der Waals surface area (Å²) >= 11 is 0. The lowest BCUT2D eigenvalue weighted by atomic mass is 9.97. The number of nitriles is 1. The third-order valence-corrected chi connectivity index (χ3v) is 3.66. The zero-order valence-electron chi connectivity index (χ0n) is 10.8. The largest absolute Gasteiger partial charge is 0.392 e. The summed E-state index contributed by atoms with van der Waals surface area (Å²) in [6, 6.07) is 10.2. The summed E-state index contributed by atoms with van der Waals surface area (Å²) in [6.07, 6.45) is 3.17. The number of nitrogens with zero attached hydrogens (tertiary/aromatic N) is 2. The van der Waals surface area contributed by atoms with Crippen molar-refractivity contribution in [2.24, 2.45) is 0 Å². The lowest BCUT2D eigenvalue weighted by Gasteiger charge is -2.37. The van der Waals surface area contributed by atoms with Crippen LogP contribution in [-0.2, 0) is 6.54 Å². The Morgan fingerprint density at radius 2 is 2.33 bits per heavy atom. The average molecular weight is 244 g/mol. The fourth-order valence-corrected chi connectivity index (χ4v) is 2.73. The minimum atomic E-state index is -0.288. The Bertz CT molecular complexity index is 436. The van der Waals surface area contributed by atoms with Crippen molar-refractivity contribution in [3.05, 3.63) is 35.4 Å². The number of aliphatic hydroxyl groups is 1. The predicted octanol–water partition coefficient (Wildman–Crippen LogP) is 2.29. The second-order valence-electron chi connectivity index (χ2n) is 5.09. The molecule has 0 aliphatic carbocycles. The van der Waals surface area contributed by atoms with E-state index in [0.29, 0.717) is 5.56 Å². The fraction of sp³-hybridized carbons (Fsp3) is 0.533. The molecule has 0 aromatic heterocycles. The highest BCUT2D eigenvalue weighted by Gasteiger charge is 2.25. The second kappa shape index (κ2) is 5.99. The number of hydrogen-bond donors (Lipinski definition) is 1. The van der Waals surface area contributed by atoms with Gasteiger partial charge >= 0.3 is 0 Å². The van der Waals surface area contributed by atoms with E-state index in [-0.39, 0.29) is 12.1 Å². The molecule has 2 unspecified atom stereocenters. The van der Waals surface area contributed by atoms with Gasteiger partial charge in [-0.05, 0) is 44.0 Å². The first-order valence-electron chi connectivity index (χ1n) is 6.62. The van der Waals surface area contributed by atoms with Gasteiger partial charge in [0.15, 0.2) is 0 Å². The first-order chi connectivity index (χ1) is 8.70. The Kier molecular flexibility index (Phi) is 4.35. The second-order valence-corrected chi connectivity index (χ2v) is 5.09. The van der Waals surface area contributed by atoms with Gasteiger partial charge in [-0.3, -0.25) is 4.90 Å². The van der Waals surface area contributed by atoms with Crippen molar-refractivity contribution in [1.29, 1.82) is 5.26 Å². The molecule has 1 aliphatic heterocycles. The molecule has 1 fully saturated rings. The first-order valence-corrected chi connectivity index (χ1v) is 6.62. The van der Waals surface area contributed by atoms with Crippen LogP contribution >= 0.6 is 0 Å². The Morgan fingerprint density at radius 3 is 3.06 bits per heavy atom. The molecule has 1 aromatic rings. The maximum atomic E-state index is 9.83. The summed E-state index contributed by atoms with van der Waals surface area (Å²) in [6.45, 7) is 3.73. The summed E-state index contributed by atoms with van der Waals surface area (Å²) in [5.74, 6) is 0. The minimum absolute atomic E-state index is 0.254. The number of benzene rings is 1. The van der Waals surface area contributed by atoms with E-state index in [1.54, 1.807) is 0 Å². The zero-order valence-corrected chi connectivity index (χ0v) is 10.8. The van der Waals surface area contributed by atoms with Crippen LogP contribution in [-0.4, -0.2) is 28.7 Å². The van der Waals surface area contributed by atoms with Crippen LogP contribution in [0.1, 0.15) is 37.3 Å². The highest BCUT2D eigenvalue weighted by molar-refractivity contribution is 5.32. The van der Waals surface area contributed by atoms with Gasteiger partial charge in [-0.1, -0.05) is 18.6 Å². The number of hydrogen-bond acceptors (Lipinski definition) is 3. The molecular formula is C15H20N2O.